The van der Waals surface area contributed by atoms with Crippen LogP contribution in [0, 0.1) is 0 Å². The van der Waals surface area contributed by atoms with E-state index in [-0.39, 0.29) is 13.0 Å². The molecule has 0 unspecified atom stereocenters. The molecule has 2 rings (SSSR count). The maximum absolute atomic E-state index is 11.6. The molecule has 9 heteroatoms. The summed E-state index contributed by atoms with van der Waals surface area (Å²) in [6, 6.07) is -0.663. The van der Waals surface area contributed by atoms with Crippen LogP contribution in [0.4, 0.5) is 0 Å². The summed E-state index contributed by atoms with van der Waals surface area (Å²) >= 11 is 0. The predicted octanol–water partition coefficient (Wildman–Crippen LogP) is -1.12. The van der Waals surface area contributed by atoms with E-state index in [0.717, 1.165) is 0 Å². The summed E-state index contributed by atoms with van der Waals surface area (Å²) in [6.45, 7) is 3.35. The summed E-state index contributed by atoms with van der Waals surface area (Å²) in [7, 11) is 2.79. The van der Waals surface area contributed by atoms with Crippen LogP contribution in [0.5, 0.6) is 0 Å². The average molecular weight is 332 g/mol. The van der Waals surface area contributed by atoms with Crippen molar-refractivity contribution >= 4 is 11.9 Å². The van der Waals surface area contributed by atoms with E-state index in [1.54, 1.807) is 13.8 Å². The van der Waals surface area contributed by atoms with Crippen molar-refractivity contribution in [3.63, 3.8) is 0 Å². The highest BCUT2D eigenvalue weighted by Gasteiger charge is 2.57. The minimum absolute atomic E-state index is 0.0738. The number of esters is 1. The number of ether oxygens (including phenoxy) is 5. The highest BCUT2D eigenvalue weighted by atomic mass is 16.8. The number of rotatable bonds is 6. The molecule has 0 spiro atoms. The van der Waals surface area contributed by atoms with Crippen LogP contribution in [-0.2, 0) is 33.3 Å². The van der Waals surface area contributed by atoms with Crippen LogP contribution in [0.15, 0.2) is 0 Å². The third-order valence-electron chi connectivity index (χ3n) is 3.84. The SMILES string of the molecule is COC(=O)C[C@H](NC(=O)CN)[C@H]1O[C@@H]2OC(C)(C)O[C@@H]2[C@H]1OC. The summed E-state index contributed by atoms with van der Waals surface area (Å²) in [6.07, 6.45) is -2.28. The number of hydrogen-bond acceptors (Lipinski definition) is 8. The van der Waals surface area contributed by atoms with Gasteiger partial charge in [0.1, 0.15) is 18.3 Å². The van der Waals surface area contributed by atoms with E-state index in [1.807, 2.05) is 0 Å². The fourth-order valence-electron chi connectivity index (χ4n) is 2.87. The number of carbonyl (C=O) groups is 2. The first-order chi connectivity index (χ1) is 10.8. The van der Waals surface area contributed by atoms with Crippen LogP contribution in [0.25, 0.3) is 0 Å². The standard InChI is InChI=1S/C14H24N2O7/c1-14(2)22-12-11(20-4)10(21-13(12)23-14)7(5-9(18)19-3)16-8(17)6-15/h7,10-13H,5-6,15H2,1-4H3,(H,16,17)/t7-,10+,11-,12+,13+/m0/s1. The number of methoxy groups -OCH3 is 2. The van der Waals surface area contributed by atoms with Gasteiger partial charge in [0, 0.05) is 7.11 Å². The van der Waals surface area contributed by atoms with Crippen molar-refractivity contribution in [2.24, 2.45) is 5.73 Å². The van der Waals surface area contributed by atoms with Gasteiger partial charge in [-0.2, -0.15) is 0 Å². The molecule has 2 heterocycles. The molecule has 0 saturated carbocycles. The van der Waals surface area contributed by atoms with Crippen LogP contribution < -0.4 is 11.1 Å². The Balaban J connectivity index is 2.14. The van der Waals surface area contributed by atoms with Crippen molar-refractivity contribution in [3.05, 3.63) is 0 Å². The molecule has 2 fully saturated rings. The van der Waals surface area contributed by atoms with Gasteiger partial charge in [-0.25, -0.2) is 0 Å². The quantitative estimate of drug-likeness (QED) is 0.588. The summed E-state index contributed by atoms with van der Waals surface area (Å²) in [5.41, 5.74) is 5.33. The molecule has 2 aliphatic heterocycles. The molecule has 0 aromatic carbocycles. The molecule has 0 bridgehead atoms. The van der Waals surface area contributed by atoms with Crippen LogP contribution in [0.3, 0.4) is 0 Å². The highest BCUT2D eigenvalue weighted by Crippen LogP contribution is 2.39. The van der Waals surface area contributed by atoms with Gasteiger partial charge >= 0.3 is 5.97 Å². The van der Waals surface area contributed by atoms with Crippen LogP contribution in [0.2, 0.25) is 0 Å². The zero-order valence-electron chi connectivity index (χ0n) is 13.7. The topological polar surface area (TPSA) is 118 Å². The Hall–Kier alpha value is -1.26. The molecule has 1 amide bonds. The maximum Gasteiger partial charge on any atom is 0.307 e. The molecule has 0 aromatic heterocycles. The van der Waals surface area contributed by atoms with Gasteiger partial charge in [0.25, 0.3) is 0 Å². The van der Waals surface area contributed by atoms with E-state index in [9.17, 15) is 9.59 Å². The second-order valence-corrected chi connectivity index (χ2v) is 5.93. The molecular weight excluding hydrogens is 308 g/mol. The van der Waals surface area contributed by atoms with Gasteiger partial charge in [0.15, 0.2) is 12.1 Å². The fourth-order valence-corrected chi connectivity index (χ4v) is 2.87. The molecule has 2 aliphatic rings. The molecule has 9 nitrogen and oxygen atoms in total. The number of nitrogens with two attached hydrogens (primary N) is 1. The van der Waals surface area contributed by atoms with E-state index < -0.39 is 48.3 Å². The lowest BCUT2D eigenvalue weighted by Gasteiger charge is -2.30. The lowest BCUT2D eigenvalue weighted by Crippen LogP contribution is -2.52. The number of fused-ring (bicyclic) bond motifs is 1. The Morgan fingerprint density at radius 1 is 1.30 bits per heavy atom. The molecule has 5 atom stereocenters. The Labute approximate surface area is 134 Å². The number of amides is 1. The van der Waals surface area contributed by atoms with Gasteiger partial charge in [0.2, 0.25) is 5.91 Å². The van der Waals surface area contributed by atoms with Crippen molar-refractivity contribution in [1.29, 1.82) is 0 Å². The normalized spacial score (nSPS) is 33.1. The zero-order chi connectivity index (χ0) is 17.2. The average Bonchev–Trinajstić information content (AvgIpc) is 2.97. The summed E-state index contributed by atoms with van der Waals surface area (Å²) < 4.78 is 27.5. The third kappa shape index (κ3) is 3.99. The second-order valence-electron chi connectivity index (χ2n) is 5.93. The molecule has 2 saturated heterocycles. The van der Waals surface area contributed by atoms with Gasteiger partial charge in [-0.05, 0) is 13.8 Å². The summed E-state index contributed by atoms with van der Waals surface area (Å²) in [5, 5.41) is 2.67. The van der Waals surface area contributed by atoms with Gasteiger partial charge in [-0.3, -0.25) is 9.59 Å². The second kappa shape index (κ2) is 7.10. The van der Waals surface area contributed by atoms with Gasteiger partial charge in [-0.15, -0.1) is 0 Å². The van der Waals surface area contributed by atoms with Crippen molar-refractivity contribution in [2.45, 2.75) is 56.7 Å². The Morgan fingerprint density at radius 3 is 2.57 bits per heavy atom. The predicted molar refractivity (Wildman–Crippen MR) is 77.1 cm³/mol. The number of nitrogens with one attached hydrogen (secondary N) is 1. The lowest BCUT2D eigenvalue weighted by molar-refractivity contribution is -0.220. The van der Waals surface area contributed by atoms with Crippen LogP contribution >= 0.6 is 0 Å². The van der Waals surface area contributed by atoms with Gasteiger partial charge in [-0.1, -0.05) is 0 Å². The molecule has 132 valence electrons. The third-order valence-corrected chi connectivity index (χ3v) is 3.84. The monoisotopic (exact) mass is 332 g/mol. The number of hydrogen-bond donors (Lipinski definition) is 2. The fraction of sp³-hybridized carbons (Fsp3) is 0.857. The van der Waals surface area contributed by atoms with Crippen molar-refractivity contribution in [1.82, 2.24) is 5.32 Å². The Bertz CT molecular complexity index is 438. The molecule has 0 aromatic rings. The van der Waals surface area contributed by atoms with E-state index in [4.69, 9.17) is 24.7 Å². The van der Waals surface area contributed by atoms with Crippen LogP contribution in [-0.4, -0.2) is 69.1 Å². The maximum atomic E-state index is 11.6. The first-order valence-corrected chi connectivity index (χ1v) is 7.41. The molecule has 0 radical (unpaired) electrons. The van der Waals surface area contributed by atoms with Crippen molar-refractivity contribution in [3.8, 4) is 0 Å². The smallest absolute Gasteiger partial charge is 0.307 e. The zero-order valence-corrected chi connectivity index (χ0v) is 13.7. The number of carbonyl (C=O) groups excluding carboxylic acids is 2. The molecular formula is C14H24N2O7. The summed E-state index contributed by atoms with van der Waals surface area (Å²) in [4.78, 5) is 23.3. The molecule has 23 heavy (non-hydrogen) atoms. The van der Waals surface area contributed by atoms with Gasteiger partial charge < -0.3 is 34.7 Å². The first-order valence-electron chi connectivity index (χ1n) is 7.41. The Morgan fingerprint density at radius 2 is 2.00 bits per heavy atom. The van der Waals surface area contributed by atoms with E-state index >= 15 is 0 Å². The first kappa shape index (κ1) is 18.1. The van der Waals surface area contributed by atoms with E-state index in [1.165, 1.54) is 14.2 Å². The molecule has 3 N–H and O–H groups in total. The largest absolute Gasteiger partial charge is 0.469 e. The summed E-state index contributed by atoms with van der Waals surface area (Å²) in [5.74, 6) is -1.67. The van der Waals surface area contributed by atoms with Crippen LogP contribution in [0.1, 0.15) is 20.3 Å². The van der Waals surface area contributed by atoms with E-state index in [0.29, 0.717) is 0 Å². The van der Waals surface area contributed by atoms with Crippen molar-refractivity contribution in [2.75, 3.05) is 20.8 Å². The lowest BCUT2D eigenvalue weighted by atomic mass is 10.0. The molecule has 0 aliphatic carbocycles. The minimum atomic E-state index is -0.782. The van der Waals surface area contributed by atoms with Gasteiger partial charge in [0.05, 0.1) is 26.1 Å². The van der Waals surface area contributed by atoms with Crippen molar-refractivity contribution < 1.29 is 33.3 Å². The minimum Gasteiger partial charge on any atom is -0.469 e. The highest BCUT2D eigenvalue weighted by molar-refractivity contribution is 5.79. The Kier molecular flexibility index (Phi) is 5.58. The van der Waals surface area contributed by atoms with E-state index in [2.05, 4.69) is 10.1 Å².